The van der Waals surface area contributed by atoms with Crippen molar-refractivity contribution in [3.8, 4) is 0 Å². The predicted molar refractivity (Wildman–Crippen MR) is 60.8 cm³/mol. The molecule has 4 heteroatoms. The fourth-order valence-corrected chi connectivity index (χ4v) is 2.25. The first-order valence-electron chi connectivity index (χ1n) is 5.49. The lowest BCUT2D eigenvalue weighted by Gasteiger charge is -2.35. The lowest BCUT2D eigenvalue weighted by atomic mass is 10.1. The maximum atomic E-state index is 5.58. The van der Waals surface area contributed by atoms with Gasteiger partial charge in [0.05, 0.1) is 11.9 Å². The van der Waals surface area contributed by atoms with Crippen molar-refractivity contribution in [2.24, 2.45) is 0 Å². The summed E-state index contributed by atoms with van der Waals surface area (Å²) in [5.41, 5.74) is 7.19. The quantitative estimate of drug-likeness (QED) is 0.703. The fourth-order valence-electron chi connectivity index (χ4n) is 2.25. The minimum atomic E-state index is 0.416. The predicted octanol–water partition coefficient (Wildman–Crippen LogP) is 0.606. The van der Waals surface area contributed by atoms with E-state index in [0.717, 1.165) is 19.6 Å². The second-order valence-corrected chi connectivity index (χ2v) is 4.57. The zero-order valence-electron chi connectivity index (χ0n) is 8.74. The van der Waals surface area contributed by atoms with E-state index in [4.69, 9.17) is 5.73 Å². The van der Waals surface area contributed by atoms with Crippen molar-refractivity contribution in [1.29, 1.82) is 0 Å². The second kappa shape index (κ2) is 3.10. The molecule has 1 aromatic rings. The number of aromatic nitrogens is 1. The summed E-state index contributed by atoms with van der Waals surface area (Å²) in [5, 5.41) is 3.59. The van der Waals surface area contributed by atoms with Crippen LogP contribution in [0.15, 0.2) is 18.3 Å². The molecule has 0 amide bonds. The van der Waals surface area contributed by atoms with E-state index in [9.17, 15) is 0 Å². The third-order valence-electron chi connectivity index (χ3n) is 3.36. The average molecular weight is 204 g/mol. The fraction of sp³-hybridized carbons (Fsp3) is 0.545. The van der Waals surface area contributed by atoms with Gasteiger partial charge in [0.2, 0.25) is 0 Å². The Kier molecular flexibility index (Phi) is 1.85. The minimum absolute atomic E-state index is 0.416. The van der Waals surface area contributed by atoms with Crippen LogP contribution in [0, 0.1) is 0 Å². The maximum absolute atomic E-state index is 5.58. The monoisotopic (exact) mass is 204 g/mol. The molecule has 3 N–H and O–H groups in total. The van der Waals surface area contributed by atoms with Crippen molar-refractivity contribution >= 4 is 11.5 Å². The van der Waals surface area contributed by atoms with Gasteiger partial charge >= 0.3 is 0 Å². The number of nitrogens with one attached hydrogen (secondary N) is 1. The summed E-state index contributed by atoms with van der Waals surface area (Å²) in [6, 6.07) is 3.93. The number of nitrogens with two attached hydrogens (primary N) is 1. The van der Waals surface area contributed by atoms with E-state index in [2.05, 4.69) is 21.3 Å². The molecule has 3 rings (SSSR count). The van der Waals surface area contributed by atoms with Gasteiger partial charge < -0.3 is 16.0 Å². The van der Waals surface area contributed by atoms with E-state index in [0.29, 0.717) is 11.4 Å². The van der Waals surface area contributed by atoms with Gasteiger partial charge in [0.25, 0.3) is 0 Å². The standard InChI is InChI=1S/C11H16N4/c12-10-2-1-9(7-13-10)15-6-5-14-11(8-15)3-4-11/h1-2,7,14H,3-6,8H2,(H2,12,13). The lowest BCUT2D eigenvalue weighted by Crippen LogP contribution is -2.52. The van der Waals surface area contributed by atoms with E-state index in [1.165, 1.54) is 18.5 Å². The Morgan fingerprint density at radius 1 is 1.40 bits per heavy atom. The normalized spacial score (nSPS) is 23.1. The van der Waals surface area contributed by atoms with Crippen molar-refractivity contribution in [3.63, 3.8) is 0 Å². The van der Waals surface area contributed by atoms with Crippen molar-refractivity contribution in [2.75, 3.05) is 30.3 Å². The van der Waals surface area contributed by atoms with E-state index in [1.54, 1.807) is 0 Å². The van der Waals surface area contributed by atoms with Crippen LogP contribution in [0.5, 0.6) is 0 Å². The molecule has 2 fully saturated rings. The van der Waals surface area contributed by atoms with E-state index in [1.807, 2.05) is 12.3 Å². The first-order valence-corrected chi connectivity index (χ1v) is 5.49. The summed E-state index contributed by atoms with van der Waals surface area (Å²) in [7, 11) is 0. The highest BCUT2D eigenvalue weighted by molar-refractivity contribution is 5.49. The molecule has 80 valence electrons. The van der Waals surface area contributed by atoms with Gasteiger partial charge in [-0.1, -0.05) is 0 Å². The van der Waals surface area contributed by atoms with Crippen molar-refractivity contribution in [1.82, 2.24) is 10.3 Å². The van der Waals surface area contributed by atoms with E-state index >= 15 is 0 Å². The number of pyridine rings is 1. The molecule has 0 unspecified atom stereocenters. The highest BCUT2D eigenvalue weighted by Gasteiger charge is 2.45. The maximum Gasteiger partial charge on any atom is 0.123 e. The Labute approximate surface area is 89.5 Å². The molecule has 1 saturated heterocycles. The number of hydrogen-bond donors (Lipinski definition) is 2. The number of hydrogen-bond acceptors (Lipinski definition) is 4. The molecule has 0 atom stereocenters. The van der Waals surface area contributed by atoms with Crippen LogP contribution in [0.3, 0.4) is 0 Å². The highest BCUT2D eigenvalue weighted by Crippen LogP contribution is 2.38. The van der Waals surface area contributed by atoms with Crippen LogP contribution in [0.25, 0.3) is 0 Å². The smallest absolute Gasteiger partial charge is 0.123 e. The van der Waals surface area contributed by atoms with Crippen LogP contribution >= 0.6 is 0 Å². The lowest BCUT2D eigenvalue weighted by molar-refractivity contribution is 0.442. The number of rotatable bonds is 1. The summed E-state index contributed by atoms with van der Waals surface area (Å²) >= 11 is 0. The zero-order chi connectivity index (χ0) is 10.3. The van der Waals surface area contributed by atoms with Crippen molar-refractivity contribution in [2.45, 2.75) is 18.4 Å². The summed E-state index contributed by atoms with van der Waals surface area (Å²) < 4.78 is 0. The number of nitrogen functional groups attached to an aromatic ring is 1. The van der Waals surface area contributed by atoms with Crippen LogP contribution < -0.4 is 16.0 Å². The largest absolute Gasteiger partial charge is 0.384 e. The summed E-state index contributed by atoms with van der Waals surface area (Å²) in [4.78, 5) is 6.54. The Balaban J connectivity index is 1.78. The van der Waals surface area contributed by atoms with Crippen LogP contribution in [-0.4, -0.2) is 30.2 Å². The first-order chi connectivity index (χ1) is 7.27. The first kappa shape index (κ1) is 8.97. The number of anilines is 2. The van der Waals surface area contributed by atoms with Gasteiger partial charge in [0.1, 0.15) is 5.82 Å². The van der Waals surface area contributed by atoms with Gasteiger partial charge in [0.15, 0.2) is 0 Å². The Hall–Kier alpha value is -1.29. The van der Waals surface area contributed by atoms with Crippen LogP contribution in [-0.2, 0) is 0 Å². The van der Waals surface area contributed by atoms with Crippen molar-refractivity contribution < 1.29 is 0 Å². The summed E-state index contributed by atoms with van der Waals surface area (Å²) in [6.07, 6.45) is 4.49. The third kappa shape index (κ3) is 1.65. The molecule has 2 heterocycles. The van der Waals surface area contributed by atoms with Crippen LogP contribution in [0.2, 0.25) is 0 Å². The number of nitrogens with zero attached hydrogens (tertiary/aromatic N) is 2. The van der Waals surface area contributed by atoms with Gasteiger partial charge in [-0.25, -0.2) is 4.98 Å². The molecule has 15 heavy (non-hydrogen) atoms. The van der Waals surface area contributed by atoms with Gasteiger partial charge in [-0.3, -0.25) is 0 Å². The molecular formula is C11H16N4. The molecule has 2 aliphatic rings. The molecule has 1 spiro atoms. The van der Waals surface area contributed by atoms with E-state index < -0.39 is 0 Å². The third-order valence-corrected chi connectivity index (χ3v) is 3.36. The molecule has 4 nitrogen and oxygen atoms in total. The van der Waals surface area contributed by atoms with Gasteiger partial charge in [0, 0.05) is 25.2 Å². The molecule has 0 aromatic carbocycles. The molecular weight excluding hydrogens is 188 g/mol. The molecule has 0 radical (unpaired) electrons. The molecule has 0 bridgehead atoms. The second-order valence-electron chi connectivity index (χ2n) is 4.57. The summed E-state index contributed by atoms with van der Waals surface area (Å²) in [5.74, 6) is 0.593. The van der Waals surface area contributed by atoms with Gasteiger partial charge in [-0.05, 0) is 25.0 Å². The molecule has 1 aliphatic carbocycles. The molecule has 1 aromatic heterocycles. The average Bonchev–Trinajstić information content (AvgIpc) is 2.99. The Bertz CT molecular complexity index is 355. The Morgan fingerprint density at radius 2 is 2.27 bits per heavy atom. The SMILES string of the molecule is Nc1ccc(N2CCNC3(CC3)C2)cn1. The highest BCUT2D eigenvalue weighted by atomic mass is 15.2. The summed E-state index contributed by atoms with van der Waals surface area (Å²) in [6.45, 7) is 3.25. The molecule has 1 aliphatic heterocycles. The topological polar surface area (TPSA) is 54.2 Å². The zero-order valence-corrected chi connectivity index (χ0v) is 8.74. The van der Waals surface area contributed by atoms with Crippen LogP contribution in [0.1, 0.15) is 12.8 Å². The van der Waals surface area contributed by atoms with Gasteiger partial charge in [-0.2, -0.15) is 0 Å². The van der Waals surface area contributed by atoms with Gasteiger partial charge in [-0.15, -0.1) is 0 Å². The minimum Gasteiger partial charge on any atom is -0.384 e. The van der Waals surface area contributed by atoms with Crippen LogP contribution in [0.4, 0.5) is 11.5 Å². The van der Waals surface area contributed by atoms with E-state index in [-0.39, 0.29) is 0 Å². The van der Waals surface area contributed by atoms with Crippen molar-refractivity contribution in [3.05, 3.63) is 18.3 Å². The Morgan fingerprint density at radius 3 is 2.93 bits per heavy atom. The molecule has 1 saturated carbocycles. The number of piperazine rings is 1.